The zero-order chi connectivity index (χ0) is 14.4. The molecule has 0 aliphatic carbocycles. The van der Waals surface area contributed by atoms with Gasteiger partial charge in [0.2, 0.25) is 0 Å². The number of esters is 1. The minimum absolute atomic E-state index is 0.0912. The van der Waals surface area contributed by atoms with Crippen molar-refractivity contribution in [1.82, 2.24) is 0 Å². The van der Waals surface area contributed by atoms with Gasteiger partial charge in [-0.15, -0.1) is 11.3 Å². The van der Waals surface area contributed by atoms with Crippen molar-refractivity contribution in [2.24, 2.45) is 5.92 Å². The Balaban J connectivity index is 1.95. The van der Waals surface area contributed by atoms with Crippen LogP contribution in [0.1, 0.15) is 10.4 Å². The van der Waals surface area contributed by atoms with E-state index < -0.39 is 17.9 Å². The van der Waals surface area contributed by atoms with Crippen LogP contribution in [0.15, 0.2) is 47.8 Å². The average molecular weight is 290 g/mol. The Hall–Kier alpha value is -2.14. The van der Waals surface area contributed by atoms with Crippen LogP contribution in [0.2, 0.25) is 0 Å². The number of carboxylic acids is 1. The smallest absolute Gasteiger partial charge is 0.321 e. The number of aliphatic carboxylic acids is 1. The summed E-state index contributed by atoms with van der Waals surface area (Å²) in [5, 5.41) is 11.0. The van der Waals surface area contributed by atoms with Crippen LogP contribution in [0, 0.1) is 5.92 Å². The fourth-order valence-corrected chi connectivity index (χ4v) is 2.48. The molecule has 1 aromatic carbocycles. The van der Waals surface area contributed by atoms with Crippen molar-refractivity contribution in [3.63, 3.8) is 0 Å². The van der Waals surface area contributed by atoms with Gasteiger partial charge < -0.3 is 9.84 Å². The number of benzene rings is 1. The van der Waals surface area contributed by atoms with Crippen LogP contribution in [0.4, 0.5) is 0 Å². The SMILES string of the molecule is O=C(O)[C@H](Cc1cccs1)C(=O)OCc1ccccc1. The van der Waals surface area contributed by atoms with E-state index in [9.17, 15) is 9.59 Å². The molecule has 4 nitrogen and oxygen atoms in total. The Morgan fingerprint density at radius 1 is 1.15 bits per heavy atom. The molecule has 0 aliphatic rings. The standard InChI is InChI=1S/C15H14O4S/c16-14(17)13(9-12-7-4-8-20-12)15(18)19-10-11-5-2-1-3-6-11/h1-8,13H,9-10H2,(H,16,17)/t13-/m0/s1. The van der Waals surface area contributed by atoms with Crippen molar-refractivity contribution in [2.45, 2.75) is 13.0 Å². The molecule has 2 rings (SSSR count). The Morgan fingerprint density at radius 2 is 1.90 bits per heavy atom. The number of hydrogen-bond acceptors (Lipinski definition) is 4. The molecule has 0 fully saturated rings. The lowest BCUT2D eigenvalue weighted by atomic mass is 10.1. The van der Waals surface area contributed by atoms with Gasteiger partial charge in [0, 0.05) is 11.3 Å². The second kappa shape index (κ2) is 6.86. The molecular weight excluding hydrogens is 276 g/mol. The number of carbonyl (C=O) groups is 2. The van der Waals surface area contributed by atoms with Crippen LogP contribution in [-0.4, -0.2) is 17.0 Å². The van der Waals surface area contributed by atoms with Crippen molar-refractivity contribution in [3.05, 3.63) is 58.3 Å². The molecule has 1 N–H and O–H groups in total. The third kappa shape index (κ3) is 3.93. The second-order valence-electron chi connectivity index (χ2n) is 4.27. The number of rotatable bonds is 6. The largest absolute Gasteiger partial charge is 0.481 e. The fraction of sp³-hybridized carbons (Fsp3) is 0.200. The van der Waals surface area contributed by atoms with Gasteiger partial charge in [-0.3, -0.25) is 9.59 Å². The third-order valence-electron chi connectivity index (χ3n) is 2.79. The van der Waals surface area contributed by atoms with Crippen LogP contribution in [0.25, 0.3) is 0 Å². The van der Waals surface area contributed by atoms with Crippen LogP contribution in [-0.2, 0) is 27.4 Å². The van der Waals surface area contributed by atoms with Gasteiger partial charge in [0.1, 0.15) is 6.61 Å². The molecule has 2 aromatic rings. The quantitative estimate of drug-likeness (QED) is 0.656. The van der Waals surface area contributed by atoms with Crippen LogP contribution >= 0.6 is 11.3 Å². The number of thiophene rings is 1. The van der Waals surface area contributed by atoms with E-state index in [4.69, 9.17) is 9.84 Å². The Labute approximate surface area is 120 Å². The van der Waals surface area contributed by atoms with Gasteiger partial charge >= 0.3 is 11.9 Å². The summed E-state index contributed by atoms with van der Waals surface area (Å²) in [5.74, 6) is -3.01. The monoisotopic (exact) mass is 290 g/mol. The molecule has 0 bridgehead atoms. The summed E-state index contributed by atoms with van der Waals surface area (Å²) in [6.45, 7) is 0.0912. The third-order valence-corrected chi connectivity index (χ3v) is 3.69. The normalized spacial score (nSPS) is 11.8. The molecule has 20 heavy (non-hydrogen) atoms. The molecule has 104 valence electrons. The lowest BCUT2D eigenvalue weighted by Gasteiger charge is -2.11. The van der Waals surface area contributed by atoms with Gasteiger partial charge in [-0.25, -0.2) is 0 Å². The van der Waals surface area contributed by atoms with Gasteiger partial charge in [0.25, 0.3) is 0 Å². The van der Waals surface area contributed by atoms with E-state index in [1.54, 1.807) is 0 Å². The second-order valence-corrected chi connectivity index (χ2v) is 5.30. The van der Waals surface area contributed by atoms with Gasteiger partial charge in [0.05, 0.1) is 0 Å². The van der Waals surface area contributed by atoms with Gasteiger partial charge in [0.15, 0.2) is 5.92 Å². The lowest BCUT2D eigenvalue weighted by molar-refractivity contribution is -0.159. The molecular formula is C15H14O4S. The van der Waals surface area contributed by atoms with Crippen molar-refractivity contribution < 1.29 is 19.4 Å². The first-order valence-corrected chi connectivity index (χ1v) is 7.00. The fourth-order valence-electron chi connectivity index (χ4n) is 1.73. The molecule has 0 saturated heterocycles. The van der Waals surface area contributed by atoms with Crippen LogP contribution in [0.3, 0.4) is 0 Å². The molecule has 0 unspecified atom stereocenters. The first-order valence-electron chi connectivity index (χ1n) is 6.12. The summed E-state index contributed by atoms with van der Waals surface area (Å²) < 4.78 is 5.09. The molecule has 1 atom stereocenters. The molecule has 0 amide bonds. The first-order chi connectivity index (χ1) is 9.66. The zero-order valence-electron chi connectivity index (χ0n) is 10.7. The van der Waals surface area contributed by atoms with Crippen molar-refractivity contribution in [2.75, 3.05) is 0 Å². The Kier molecular flexibility index (Phi) is 4.90. The Bertz CT molecular complexity index is 563. The molecule has 0 spiro atoms. The molecule has 0 aliphatic heterocycles. The van der Waals surface area contributed by atoms with E-state index in [1.165, 1.54) is 11.3 Å². The maximum atomic E-state index is 11.9. The predicted molar refractivity (Wildman–Crippen MR) is 75.4 cm³/mol. The summed E-state index contributed by atoms with van der Waals surface area (Å²) in [6, 6.07) is 12.8. The summed E-state index contributed by atoms with van der Waals surface area (Å²) in [6.07, 6.45) is 0.167. The van der Waals surface area contributed by atoms with E-state index in [0.717, 1.165) is 10.4 Å². The first kappa shape index (κ1) is 14.3. The highest BCUT2D eigenvalue weighted by molar-refractivity contribution is 7.09. The number of ether oxygens (including phenoxy) is 1. The van der Waals surface area contributed by atoms with E-state index in [-0.39, 0.29) is 13.0 Å². The molecule has 1 aromatic heterocycles. The number of carbonyl (C=O) groups excluding carboxylic acids is 1. The molecule has 1 heterocycles. The van der Waals surface area contributed by atoms with E-state index in [2.05, 4.69) is 0 Å². The lowest BCUT2D eigenvalue weighted by Crippen LogP contribution is -2.27. The minimum Gasteiger partial charge on any atom is -0.481 e. The minimum atomic E-state index is -1.16. The van der Waals surface area contributed by atoms with Crippen molar-refractivity contribution in [1.29, 1.82) is 0 Å². The summed E-state index contributed by atoms with van der Waals surface area (Å²) in [5.41, 5.74) is 0.834. The summed E-state index contributed by atoms with van der Waals surface area (Å²) >= 11 is 1.43. The zero-order valence-corrected chi connectivity index (χ0v) is 11.5. The Morgan fingerprint density at radius 3 is 2.50 bits per heavy atom. The highest BCUT2D eigenvalue weighted by atomic mass is 32.1. The van der Waals surface area contributed by atoms with E-state index in [1.807, 2.05) is 47.8 Å². The van der Waals surface area contributed by atoms with E-state index >= 15 is 0 Å². The highest BCUT2D eigenvalue weighted by Crippen LogP contribution is 2.16. The predicted octanol–water partition coefficient (Wildman–Crippen LogP) is 2.73. The van der Waals surface area contributed by atoms with E-state index in [0.29, 0.717) is 0 Å². The maximum Gasteiger partial charge on any atom is 0.321 e. The number of carboxylic acid groups (broad SMARTS) is 1. The van der Waals surface area contributed by atoms with Gasteiger partial charge in [-0.1, -0.05) is 36.4 Å². The molecule has 0 saturated carbocycles. The highest BCUT2D eigenvalue weighted by Gasteiger charge is 2.28. The maximum absolute atomic E-state index is 11.9. The van der Waals surface area contributed by atoms with Crippen molar-refractivity contribution >= 4 is 23.3 Å². The van der Waals surface area contributed by atoms with Crippen LogP contribution in [0.5, 0.6) is 0 Å². The van der Waals surface area contributed by atoms with Crippen LogP contribution < -0.4 is 0 Å². The topological polar surface area (TPSA) is 63.6 Å². The summed E-state index contributed by atoms with van der Waals surface area (Å²) in [4.78, 5) is 23.9. The van der Waals surface area contributed by atoms with Gasteiger partial charge in [-0.05, 0) is 17.0 Å². The van der Waals surface area contributed by atoms with Crippen molar-refractivity contribution in [3.8, 4) is 0 Å². The molecule has 0 radical (unpaired) electrons. The average Bonchev–Trinajstić information content (AvgIpc) is 2.96. The number of hydrogen-bond donors (Lipinski definition) is 1. The summed E-state index contributed by atoms with van der Waals surface area (Å²) in [7, 11) is 0. The van der Waals surface area contributed by atoms with Gasteiger partial charge in [-0.2, -0.15) is 0 Å². The molecule has 5 heteroatoms.